The highest BCUT2D eigenvalue weighted by molar-refractivity contribution is 4.89. The highest BCUT2D eigenvalue weighted by atomic mass is 16.5. The average Bonchev–Trinajstić information content (AvgIpc) is 2.10. The van der Waals surface area contributed by atoms with Crippen LogP contribution in [0.4, 0.5) is 0 Å². The summed E-state index contributed by atoms with van der Waals surface area (Å²) in [5, 5.41) is 0. The molecule has 0 spiro atoms. The van der Waals surface area contributed by atoms with Crippen molar-refractivity contribution in [1.29, 1.82) is 0 Å². The largest absolute Gasteiger partial charge is 0.378 e. The summed E-state index contributed by atoms with van der Waals surface area (Å²) < 4.78 is 5.17. The van der Waals surface area contributed by atoms with Gasteiger partial charge in [-0.3, -0.25) is 0 Å². The van der Waals surface area contributed by atoms with E-state index < -0.39 is 0 Å². The van der Waals surface area contributed by atoms with Gasteiger partial charge in [-0.25, -0.2) is 0 Å². The van der Waals surface area contributed by atoms with E-state index in [1.54, 1.807) is 0 Å². The minimum absolute atomic E-state index is 0.854. The molecule has 1 rings (SSSR count). The Bertz CT molecular complexity index is 106. The lowest BCUT2D eigenvalue weighted by molar-refractivity contribution is 0.0540. The van der Waals surface area contributed by atoms with E-state index in [2.05, 4.69) is 11.5 Å². The van der Waals surface area contributed by atoms with Gasteiger partial charge in [-0.15, -0.1) is 0 Å². The molecule has 2 nitrogen and oxygen atoms in total. The third-order valence-corrected chi connectivity index (χ3v) is 1.55. The van der Waals surface area contributed by atoms with Crippen LogP contribution in [0.5, 0.6) is 0 Å². The van der Waals surface area contributed by atoms with Gasteiger partial charge in [0.25, 0.3) is 0 Å². The molecule has 66 valence electrons. The molecule has 2 heteroatoms. The van der Waals surface area contributed by atoms with Crippen LogP contribution in [0.1, 0.15) is 20.8 Å². The van der Waals surface area contributed by atoms with Gasteiger partial charge in [-0.05, 0) is 6.92 Å². The number of morpholine rings is 1. The van der Waals surface area contributed by atoms with Gasteiger partial charge in [0.15, 0.2) is 0 Å². The van der Waals surface area contributed by atoms with Gasteiger partial charge < -0.3 is 9.64 Å². The molecule has 1 aliphatic rings. The lowest BCUT2D eigenvalue weighted by atomic mass is 10.4. The van der Waals surface area contributed by atoms with Crippen molar-refractivity contribution in [3.63, 3.8) is 0 Å². The Morgan fingerprint density at radius 3 is 2.00 bits per heavy atom. The Morgan fingerprint density at radius 1 is 1.27 bits per heavy atom. The zero-order chi connectivity index (χ0) is 8.69. The number of hydrogen-bond acceptors (Lipinski definition) is 2. The Kier molecular flexibility index (Phi) is 5.94. The predicted octanol–water partition coefficient (Wildman–Crippen LogP) is 1.88. The molecule has 0 aliphatic carbocycles. The fourth-order valence-corrected chi connectivity index (χ4v) is 0.945. The molecule has 0 radical (unpaired) electrons. The SMILES string of the molecule is C=C(C)N1CCOCC1.CC. The second-order valence-electron chi connectivity index (χ2n) is 2.33. The fourth-order valence-electron chi connectivity index (χ4n) is 0.945. The van der Waals surface area contributed by atoms with Crippen molar-refractivity contribution >= 4 is 0 Å². The molecule has 1 heterocycles. The molecule has 1 fully saturated rings. The summed E-state index contributed by atoms with van der Waals surface area (Å²) in [6, 6.07) is 0. The van der Waals surface area contributed by atoms with Crippen LogP contribution in [0, 0.1) is 0 Å². The number of rotatable bonds is 1. The van der Waals surface area contributed by atoms with Crippen LogP contribution in [0.15, 0.2) is 12.3 Å². The van der Waals surface area contributed by atoms with Gasteiger partial charge in [0.2, 0.25) is 0 Å². The van der Waals surface area contributed by atoms with E-state index in [-0.39, 0.29) is 0 Å². The highest BCUT2D eigenvalue weighted by Gasteiger charge is 2.07. The molecule has 0 aromatic heterocycles. The maximum absolute atomic E-state index is 5.17. The molecule has 0 atom stereocenters. The summed E-state index contributed by atoms with van der Waals surface area (Å²) in [5.74, 6) is 0. The van der Waals surface area contributed by atoms with Gasteiger partial charge in [-0.1, -0.05) is 20.4 Å². The lowest BCUT2D eigenvalue weighted by Gasteiger charge is -2.28. The summed E-state index contributed by atoms with van der Waals surface area (Å²) in [4.78, 5) is 2.24. The standard InChI is InChI=1S/C7H13NO.C2H6/c1-7(2)8-3-5-9-6-4-8;1-2/h1,3-6H2,2H3;1-2H3. The van der Waals surface area contributed by atoms with E-state index in [9.17, 15) is 0 Å². The van der Waals surface area contributed by atoms with E-state index in [4.69, 9.17) is 4.74 Å². The van der Waals surface area contributed by atoms with Gasteiger partial charge >= 0.3 is 0 Å². The quantitative estimate of drug-likeness (QED) is 0.576. The Hall–Kier alpha value is -0.500. The number of ether oxygens (including phenoxy) is 1. The second-order valence-corrected chi connectivity index (χ2v) is 2.33. The van der Waals surface area contributed by atoms with Crippen molar-refractivity contribution in [2.75, 3.05) is 26.3 Å². The molecule has 0 amide bonds. The highest BCUT2D eigenvalue weighted by Crippen LogP contribution is 2.02. The van der Waals surface area contributed by atoms with Gasteiger partial charge in [-0.2, -0.15) is 0 Å². The van der Waals surface area contributed by atoms with Crippen molar-refractivity contribution in [3.05, 3.63) is 12.3 Å². The van der Waals surface area contributed by atoms with E-state index in [0.29, 0.717) is 0 Å². The predicted molar refractivity (Wildman–Crippen MR) is 48.6 cm³/mol. The van der Waals surface area contributed by atoms with E-state index in [1.165, 1.54) is 0 Å². The lowest BCUT2D eigenvalue weighted by Crippen LogP contribution is -2.34. The minimum Gasteiger partial charge on any atom is -0.378 e. The zero-order valence-electron chi connectivity index (χ0n) is 7.89. The molecule has 1 aliphatic heterocycles. The molecule has 11 heavy (non-hydrogen) atoms. The van der Waals surface area contributed by atoms with Gasteiger partial charge in [0, 0.05) is 18.8 Å². The van der Waals surface area contributed by atoms with Crippen molar-refractivity contribution in [1.82, 2.24) is 4.90 Å². The molecule has 0 N–H and O–H groups in total. The zero-order valence-corrected chi connectivity index (χ0v) is 7.89. The van der Waals surface area contributed by atoms with Crippen LogP contribution in [0.25, 0.3) is 0 Å². The first-order valence-electron chi connectivity index (χ1n) is 4.29. The van der Waals surface area contributed by atoms with Gasteiger partial charge in [0.1, 0.15) is 0 Å². The van der Waals surface area contributed by atoms with E-state index in [0.717, 1.165) is 32.0 Å². The first-order chi connectivity index (χ1) is 5.30. The normalized spacial score (nSPS) is 16.8. The molecule has 1 saturated heterocycles. The van der Waals surface area contributed by atoms with Crippen molar-refractivity contribution < 1.29 is 4.74 Å². The molecule has 0 saturated carbocycles. The third kappa shape index (κ3) is 4.04. The van der Waals surface area contributed by atoms with Crippen molar-refractivity contribution in [3.8, 4) is 0 Å². The smallest absolute Gasteiger partial charge is 0.0642 e. The average molecular weight is 157 g/mol. The number of hydrogen-bond donors (Lipinski definition) is 0. The molecule has 0 bridgehead atoms. The Labute approximate surface area is 69.8 Å². The van der Waals surface area contributed by atoms with Crippen LogP contribution in [-0.4, -0.2) is 31.2 Å². The van der Waals surface area contributed by atoms with Crippen LogP contribution >= 0.6 is 0 Å². The first kappa shape index (κ1) is 10.5. The monoisotopic (exact) mass is 157 g/mol. The Morgan fingerprint density at radius 2 is 1.73 bits per heavy atom. The summed E-state index contributed by atoms with van der Waals surface area (Å²) in [5.41, 5.74) is 1.15. The van der Waals surface area contributed by atoms with E-state index in [1.807, 2.05) is 20.8 Å². The summed E-state index contributed by atoms with van der Waals surface area (Å²) in [6.07, 6.45) is 0. The topological polar surface area (TPSA) is 12.5 Å². The summed E-state index contributed by atoms with van der Waals surface area (Å²) in [6.45, 7) is 13.6. The van der Waals surface area contributed by atoms with Crippen molar-refractivity contribution in [2.45, 2.75) is 20.8 Å². The van der Waals surface area contributed by atoms with Crippen molar-refractivity contribution in [2.24, 2.45) is 0 Å². The number of allylic oxidation sites excluding steroid dienone is 1. The molecular formula is C9H19NO. The maximum Gasteiger partial charge on any atom is 0.0642 e. The third-order valence-electron chi connectivity index (χ3n) is 1.55. The second kappa shape index (κ2) is 6.23. The van der Waals surface area contributed by atoms with Crippen LogP contribution in [0.3, 0.4) is 0 Å². The Balaban J connectivity index is 0.000000461. The minimum atomic E-state index is 0.854. The molecule has 0 unspecified atom stereocenters. The van der Waals surface area contributed by atoms with Gasteiger partial charge in [0.05, 0.1) is 13.2 Å². The fraction of sp³-hybridized carbons (Fsp3) is 0.778. The summed E-state index contributed by atoms with van der Waals surface area (Å²) >= 11 is 0. The maximum atomic E-state index is 5.17. The summed E-state index contributed by atoms with van der Waals surface area (Å²) in [7, 11) is 0. The molecular weight excluding hydrogens is 138 g/mol. The number of nitrogens with zero attached hydrogens (tertiary/aromatic N) is 1. The first-order valence-corrected chi connectivity index (χ1v) is 4.29. The molecule has 0 aromatic rings. The van der Waals surface area contributed by atoms with Crippen LogP contribution in [-0.2, 0) is 4.74 Å². The van der Waals surface area contributed by atoms with Crippen LogP contribution < -0.4 is 0 Å². The molecule has 0 aromatic carbocycles. The van der Waals surface area contributed by atoms with E-state index >= 15 is 0 Å². The van der Waals surface area contributed by atoms with Crippen LogP contribution in [0.2, 0.25) is 0 Å².